The molecular formula is C18H26N2O3. The van der Waals surface area contributed by atoms with Crippen LogP contribution in [-0.4, -0.2) is 43.0 Å². The minimum atomic E-state index is -0.0965. The third-order valence-electron chi connectivity index (χ3n) is 4.09. The van der Waals surface area contributed by atoms with E-state index >= 15 is 0 Å². The molecule has 0 radical (unpaired) electrons. The van der Waals surface area contributed by atoms with Gasteiger partial charge in [-0.05, 0) is 31.9 Å². The average Bonchev–Trinajstić information content (AvgIpc) is 2.54. The summed E-state index contributed by atoms with van der Waals surface area (Å²) in [5.74, 6) is 1.26. The highest BCUT2D eigenvalue weighted by Crippen LogP contribution is 2.19. The fraction of sp³-hybridized carbons (Fsp3) is 0.556. The number of likely N-dealkylation sites (tertiary alicyclic amines) is 1. The molecule has 1 aromatic carbocycles. The van der Waals surface area contributed by atoms with Crippen LogP contribution < -0.4 is 10.1 Å². The second kappa shape index (κ2) is 8.56. The monoisotopic (exact) mass is 318 g/mol. The molecule has 1 aliphatic heterocycles. The maximum absolute atomic E-state index is 12.2. The molecule has 2 amide bonds. The van der Waals surface area contributed by atoms with Crippen LogP contribution in [0.3, 0.4) is 0 Å². The van der Waals surface area contributed by atoms with E-state index in [-0.39, 0.29) is 11.8 Å². The van der Waals surface area contributed by atoms with Gasteiger partial charge in [-0.2, -0.15) is 0 Å². The molecule has 1 aromatic rings. The number of carbonyl (C=O) groups excluding carboxylic acids is 2. The zero-order valence-electron chi connectivity index (χ0n) is 14.0. The first-order chi connectivity index (χ1) is 11.0. The quantitative estimate of drug-likeness (QED) is 0.874. The number of piperidine rings is 1. The van der Waals surface area contributed by atoms with Crippen molar-refractivity contribution in [3.8, 4) is 5.75 Å². The van der Waals surface area contributed by atoms with E-state index in [4.69, 9.17) is 4.74 Å². The lowest BCUT2D eigenvalue weighted by Crippen LogP contribution is -2.42. The van der Waals surface area contributed by atoms with Crippen molar-refractivity contribution in [2.45, 2.75) is 33.1 Å². The fourth-order valence-electron chi connectivity index (χ4n) is 2.78. The topological polar surface area (TPSA) is 58.6 Å². The predicted molar refractivity (Wildman–Crippen MR) is 89.3 cm³/mol. The number of ether oxygens (including phenoxy) is 1. The number of hydrogen-bond donors (Lipinski definition) is 1. The Morgan fingerprint density at radius 2 is 2.04 bits per heavy atom. The first-order valence-electron chi connectivity index (χ1n) is 8.26. The van der Waals surface area contributed by atoms with Crippen molar-refractivity contribution in [3.63, 3.8) is 0 Å². The van der Waals surface area contributed by atoms with Crippen LogP contribution in [0, 0.1) is 12.8 Å². The van der Waals surface area contributed by atoms with Crippen LogP contribution >= 0.6 is 0 Å². The molecule has 1 fully saturated rings. The van der Waals surface area contributed by atoms with E-state index in [0.29, 0.717) is 25.5 Å². The molecule has 0 spiro atoms. The number of amides is 2. The SMILES string of the molecule is CC(=O)NCCC(=O)N1CCCC(COc2ccc(C)cc2)C1. The van der Waals surface area contributed by atoms with Crippen molar-refractivity contribution >= 4 is 11.8 Å². The molecule has 5 nitrogen and oxygen atoms in total. The van der Waals surface area contributed by atoms with E-state index in [1.165, 1.54) is 12.5 Å². The minimum absolute atomic E-state index is 0.0965. The van der Waals surface area contributed by atoms with Crippen LogP contribution in [0.5, 0.6) is 5.75 Å². The van der Waals surface area contributed by atoms with E-state index in [0.717, 1.165) is 31.7 Å². The molecule has 0 saturated carbocycles. The van der Waals surface area contributed by atoms with Gasteiger partial charge >= 0.3 is 0 Å². The van der Waals surface area contributed by atoms with E-state index in [9.17, 15) is 9.59 Å². The van der Waals surface area contributed by atoms with Crippen molar-refractivity contribution in [3.05, 3.63) is 29.8 Å². The Labute approximate surface area is 138 Å². The number of nitrogens with one attached hydrogen (secondary N) is 1. The van der Waals surface area contributed by atoms with E-state index in [1.54, 1.807) is 0 Å². The highest BCUT2D eigenvalue weighted by atomic mass is 16.5. The largest absolute Gasteiger partial charge is 0.493 e. The van der Waals surface area contributed by atoms with Crippen molar-refractivity contribution in [1.29, 1.82) is 0 Å². The Balaban J connectivity index is 1.75. The number of rotatable bonds is 6. The molecular weight excluding hydrogens is 292 g/mol. The predicted octanol–water partition coefficient (Wildman–Crippen LogP) is 2.14. The summed E-state index contributed by atoms with van der Waals surface area (Å²) in [4.78, 5) is 24.9. The van der Waals surface area contributed by atoms with E-state index in [2.05, 4.69) is 12.2 Å². The Morgan fingerprint density at radius 3 is 2.74 bits per heavy atom. The lowest BCUT2D eigenvalue weighted by Gasteiger charge is -2.32. The Bertz CT molecular complexity index is 528. The molecule has 1 aliphatic rings. The molecule has 5 heteroatoms. The number of aryl methyl sites for hydroxylation is 1. The first kappa shape index (κ1) is 17.3. The molecule has 1 unspecified atom stereocenters. The molecule has 126 valence electrons. The van der Waals surface area contributed by atoms with Gasteiger partial charge in [-0.1, -0.05) is 17.7 Å². The summed E-state index contributed by atoms with van der Waals surface area (Å²) in [5, 5.41) is 2.67. The van der Waals surface area contributed by atoms with Gasteiger partial charge in [-0.15, -0.1) is 0 Å². The van der Waals surface area contributed by atoms with Crippen molar-refractivity contribution in [1.82, 2.24) is 10.2 Å². The van der Waals surface area contributed by atoms with Crippen molar-refractivity contribution in [2.75, 3.05) is 26.2 Å². The summed E-state index contributed by atoms with van der Waals surface area (Å²) >= 11 is 0. The number of benzene rings is 1. The third-order valence-corrected chi connectivity index (χ3v) is 4.09. The number of nitrogens with zero attached hydrogens (tertiary/aromatic N) is 1. The molecule has 1 saturated heterocycles. The highest BCUT2D eigenvalue weighted by molar-refractivity contribution is 5.78. The summed E-state index contributed by atoms with van der Waals surface area (Å²) in [6, 6.07) is 8.03. The minimum Gasteiger partial charge on any atom is -0.493 e. The van der Waals surface area contributed by atoms with Gasteiger partial charge in [0.15, 0.2) is 0 Å². The summed E-state index contributed by atoms with van der Waals surface area (Å²) in [7, 11) is 0. The Hall–Kier alpha value is -2.04. The summed E-state index contributed by atoms with van der Waals surface area (Å²) in [6.07, 6.45) is 2.46. The molecule has 1 heterocycles. The van der Waals surface area contributed by atoms with Gasteiger partial charge in [-0.3, -0.25) is 9.59 Å². The Kier molecular flexibility index (Phi) is 6.44. The lowest BCUT2D eigenvalue weighted by atomic mass is 9.98. The smallest absolute Gasteiger partial charge is 0.224 e. The summed E-state index contributed by atoms with van der Waals surface area (Å²) in [6.45, 7) is 6.11. The normalized spacial score (nSPS) is 17.7. The van der Waals surface area contributed by atoms with Crippen molar-refractivity contribution < 1.29 is 14.3 Å². The third kappa shape index (κ3) is 5.93. The van der Waals surface area contributed by atoms with Gasteiger partial charge in [-0.25, -0.2) is 0 Å². The van der Waals surface area contributed by atoms with E-state index in [1.807, 2.05) is 29.2 Å². The zero-order chi connectivity index (χ0) is 16.7. The zero-order valence-corrected chi connectivity index (χ0v) is 14.0. The maximum Gasteiger partial charge on any atom is 0.224 e. The maximum atomic E-state index is 12.2. The molecule has 1 N–H and O–H groups in total. The molecule has 1 atom stereocenters. The Morgan fingerprint density at radius 1 is 1.30 bits per heavy atom. The van der Waals surface area contributed by atoms with Crippen LogP contribution in [0.1, 0.15) is 31.7 Å². The van der Waals surface area contributed by atoms with Crippen molar-refractivity contribution in [2.24, 2.45) is 5.92 Å². The van der Waals surface area contributed by atoms with Gasteiger partial charge in [0.2, 0.25) is 11.8 Å². The van der Waals surface area contributed by atoms with Gasteiger partial charge in [0.25, 0.3) is 0 Å². The van der Waals surface area contributed by atoms with Crippen LogP contribution in [0.25, 0.3) is 0 Å². The van der Waals surface area contributed by atoms with Gasteiger partial charge < -0.3 is 15.0 Å². The van der Waals surface area contributed by atoms with Gasteiger partial charge in [0, 0.05) is 38.9 Å². The van der Waals surface area contributed by atoms with Crippen LogP contribution in [0.4, 0.5) is 0 Å². The molecule has 0 aromatic heterocycles. The first-order valence-corrected chi connectivity index (χ1v) is 8.26. The number of carbonyl (C=O) groups is 2. The lowest BCUT2D eigenvalue weighted by molar-refractivity contribution is -0.133. The van der Waals surface area contributed by atoms with E-state index < -0.39 is 0 Å². The number of hydrogen-bond acceptors (Lipinski definition) is 3. The molecule has 0 aliphatic carbocycles. The standard InChI is InChI=1S/C18H26N2O3/c1-14-5-7-17(8-6-14)23-13-16-4-3-11-20(12-16)18(22)9-10-19-15(2)21/h5-8,16H,3-4,9-13H2,1-2H3,(H,19,21). The highest BCUT2D eigenvalue weighted by Gasteiger charge is 2.23. The van der Waals surface area contributed by atoms with Crippen LogP contribution in [0.15, 0.2) is 24.3 Å². The molecule has 2 rings (SSSR count). The second-order valence-electron chi connectivity index (χ2n) is 6.21. The second-order valence-corrected chi connectivity index (χ2v) is 6.21. The summed E-state index contributed by atoms with van der Waals surface area (Å²) < 4.78 is 5.85. The van der Waals surface area contributed by atoms with Crippen LogP contribution in [0.2, 0.25) is 0 Å². The fourth-order valence-corrected chi connectivity index (χ4v) is 2.78. The molecule has 23 heavy (non-hydrogen) atoms. The average molecular weight is 318 g/mol. The van der Waals surface area contributed by atoms with Gasteiger partial charge in [0.1, 0.15) is 5.75 Å². The summed E-state index contributed by atoms with van der Waals surface area (Å²) in [5.41, 5.74) is 1.21. The molecule has 0 bridgehead atoms. The van der Waals surface area contributed by atoms with Gasteiger partial charge in [0.05, 0.1) is 6.61 Å². The van der Waals surface area contributed by atoms with Crippen LogP contribution in [-0.2, 0) is 9.59 Å².